The smallest absolute Gasteiger partial charge is 0.293 e. The normalized spacial score (nSPS) is 24.3. The van der Waals surface area contributed by atoms with Crippen molar-refractivity contribution < 1.29 is 5.11 Å². The molecule has 5 nitrogen and oxygen atoms in total. The molecule has 1 aromatic heterocycles. The van der Waals surface area contributed by atoms with Crippen molar-refractivity contribution >= 4 is 5.82 Å². The Hall–Kier alpha value is -1.36. The summed E-state index contributed by atoms with van der Waals surface area (Å²) in [6.07, 6.45) is 6.63. The Morgan fingerprint density at radius 2 is 2.24 bits per heavy atom. The fourth-order valence-corrected chi connectivity index (χ4v) is 2.45. The fourth-order valence-electron chi connectivity index (χ4n) is 2.45. The summed E-state index contributed by atoms with van der Waals surface area (Å²) >= 11 is 0. The first kappa shape index (κ1) is 10.8. The molecule has 2 aliphatic rings. The van der Waals surface area contributed by atoms with Crippen LogP contribution in [-0.4, -0.2) is 34.4 Å². The van der Waals surface area contributed by atoms with E-state index in [0.717, 1.165) is 32.4 Å². The summed E-state index contributed by atoms with van der Waals surface area (Å²) in [7, 11) is 0. The zero-order valence-corrected chi connectivity index (χ0v) is 9.75. The van der Waals surface area contributed by atoms with Crippen molar-refractivity contribution in [1.29, 1.82) is 0 Å². The van der Waals surface area contributed by atoms with Gasteiger partial charge in [0.25, 0.3) is 5.56 Å². The van der Waals surface area contributed by atoms with Crippen LogP contribution in [0.2, 0.25) is 0 Å². The first-order valence-corrected chi connectivity index (χ1v) is 6.22. The molecule has 17 heavy (non-hydrogen) atoms. The molecule has 1 saturated heterocycles. The molecule has 1 aliphatic carbocycles. The van der Waals surface area contributed by atoms with Crippen LogP contribution in [0.4, 0.5) is 5.82 Å². The lowest BCUT2D eigenvalue weighted by molar-refractivity contribution is 0.238. The van der Waals surface area contributed by atoms with Gasteiger partial charge in [0.15, 0.2) is 5.82 Å². The lowest BCUT2D eigenvalue weighted by Crippen LogP contribution is -2.31. The van der Waals surface area contributed by atoms with Gasteiger partial charge in [-0.1, -0.05) is 0 Å². The molecule has 0 spiro atoms. The Morgan fingerprint density at radius 1 is 1.41 bits per heavy atom. The van der Waals surface area contributed by atoms with Gasteiger partial charge >= 0.3 is 0 Å². The van der Waals surface area contributed by atoms with Gasteiger partial charge in [-0.25, -0.2) is 4.98 Å². The van der Waals surface area contributed by atoms with Crippen molar-refractivity contribution in [3.8, 4) is 0 Å². The summed E-state index contributed by atoms with van der Waals surface area (Å²) in [5.74, 6) is 0.834. The van der Waals surface area contributed by atoms with E-state index >= 15 is 0 Å². The van der Waals surface area contributed by atoms with Crippen molar-refractivity contribution in [3.63, 3.8) is 0 Å². The summed E-state index contributed by atoms with van der Waals surface area (Å²) in [6, 6.07) is 0.389. The first-order chi connectivity index (χ1) is 8.29. The largest absolute Gasteiger partial charge is 0.396 e. The molecule has 1 N–H and O–H groups in total. The second kappa shape index (κ2) is 4.14. The lowest BCUT2D eigenvalue weighted by Gasteiger charge is -2.17. The summed E-state index contributed by atoms with van der Waals surface area (Å²) in [4.78, 5) is 18.4. The SMILES string of the molecule is O=c1c(N2CC[C@H](CO)C2)nccn1C1CC1. The molecule has 0 aromatic carbocycles. The van der Waals surface area contributed by atoms with Gasteiger partial charge in [0.2, 0.25) is 0 Å². The average Bonchev–Trinajstić information content (AvgIpc) is 3.07. The Labute approximate surface area is 99.7 Å². The molecule has 3 rings (SSSR count). The van der Waals surface area contributed by atoms with Crippen LogP contribution in [0, 0.1) is 5.92 Å². The van der Waals surface area contributed by atoms with E-state index in [4.69, 9.17) is 5.11 Å². The van der Waals surface area contributed by atoms with Gasteiger partial charge in [0, 0.05) is 44.0 Å². The Morgan fingerprint density at radius 3 is 2.88 bits per heavy atom. The average molecular weight is 235 g/mol. The number of anilines is 1. The van der Waals surface area contributed by atoms with E-state index in [-0.39, 0.29) is 18.1 Å². The van der Waals surface area contributed by atoms with Crippen molar-refractivity contribution in [2.45, 2.75) is 25.3 Å². The minimum atomic E-state index is 0.0218. The van der Waals surface area contributed by atoms with Gasteiger partial charge < -0.3 is 14.6 Å². The summed E-state index contributed by atoms with van der Waals surface area (Å²) < 4.78 is 1.80. The molecular formula is C12H17N3O2. The summed E-state index contributed by atoms with van der Waals surface area (Å²) in [5, 5.41) is 9.12. The van der Waals surface area contributed by atoms with E-state index < -0.39 is 0 Å². The zero-order chi connectivity index (χ0) is 11.8. The van der Waals surface area contributed by atoms with E-state index in [1.165, 1.54) is 0 Å². The Kier molecular flexibility index (Phi) is 2.63. The maximum absolute atomic E-state index is 12.2. The van der Waals surface area contributed by atoms with Crippen LogP contribution in [0.5, 0.6) is 0 Å². The van der Waals surface area contributed by atoms with E-state index in [1.807, 2.05) is 4.90 Å². The maximum atomic E-state index is 12.2. The molecule has 2 fully saturated rings. The second-order valence-electron chi connectivity index (χ2n) is 4.98. The number of rotatable bonds is 3. The van der Waals surface area contributed by atoms with Crippen LogP contribution in [0.3, 0.4) is 0 Å². The lowest BCUT2D eigenvalue weighted by atomic mass is 10.1. The number of aromatic nitrogens is 2. The number of aliphatic hydroxyl groups excluding tert-OH is 1. The Bertz CT molecular complexity index is 467. The van der Waals surface area contributed by atoms with Crippen molar-refractivity contribution in [3.05, 3.63) is 22.7 Å². The molecule has 1 atom stereocenters. The van der Waals surface area contributed by atoms with E-state index in [0.29, 0.717) is 11.9 Å². The summed E-state index contributed by atoms with van der Waals surface area (Å²) in [6.45, 7) is 1.76. The molecular weight excluding hydrogens is 218 g/mol. The van der Waals surface area contributed by atoms with E-state index in [9.17, 15) is 4.79 Å². The first-order valence-electron chi connectivity index (χ1n) is 6.22. The topological polar surface area (TPSA) is 58.4 Å². The third-order valence-electron chi connectivity index (χ3n) is 3.63. The standard InChI is InChI=1S/C12H17N3O2/c16-8-9-3-5-14(7-9)11-12(17)15(6-4-13-11)10-1-2-10/h4,6,9-10,16H,1-3,5,7-8H2/t9-/m0/s1. The molecule has 0 amide bonds. The van der Waals surface area contributed by atoms with Crippen LogP contribution >= 0.6 is 0 Å². The van der Waals surface area contributed by atoms with Gasteiger partial charge in [-0.15, -0.1) is 0 Å². The molecule has 0 unspecified atom stereocenters. The second-order valence-corrected chi connectivity index (χ2v) is 4.98. The number of nitrogens with zero attached hydrogens (tertiary/aromatic N) is 3. The minimum Gasteiger partial charge on any atom is -0.396 e. The van der Waals surface area contributed by atoms with Crippen LogP contribution in [-0.2, 0) is 0 Å². The molecule has 1 aliphatic heterocycles. The third-order valence-corrected chi connectivity index (χ3v) is 3.63. The highest BCUT2D eigenvalue weighted by molar-refractivity contribution is 5.37. The number of hydrogen-bond donors (Lipinski definition) is 1. The van der Waals surface area contributed by atoms with Crippen molar-refractivity contribution in [1.82, 2.24) is 9.55 Å². The quantitative estimate of drug-likeness (QED) is 0.823. The van der Waals surface area contributed by atoms with Crippen LogP contribution in [0.25, 0.3) is 0 Å². The fraction of sp³-hybridized carbons (Fsp3) is 0.667. The maximum Gasteiger partial charge on any atom is 0.293 e. The molecule has 0 bridgehead atoms. The third kappa shape index (κ3) is 1.95. The van der Waals surface area contributed by atoms with Gasteiger partial charge in [-0.05, 0) is 19.3 Å². The van der Waals surface area contributed by atoms with Crippen LogP contribution < -0.4 is 10.5 Å². The zero-order valence-electron chi connectivity index (χ0n) is 9.75. The molecule has 5 heteroatoms. The highest BCUT2D eigenvalue weighted by Gasteiger charge is 2.28. The number of hydrogen-bond acceptors (Lipinski definition) is 4. The van der Waals surface area contributed by atoms with E-state index in [1.54, 1.807) is 17.0 Å². The van der Waals surface area contributed by atoms with Crippen LogP contribution in [0.15, 0.2) is 17.2 Å². The molecule has 1 aromatic rings. The van der Waals surface area contributed by atoms with E-state index in [2.05, 4.69) is 4.98 Å². The van der Waals surface area contributed by atoms with Crippen LogP contribution in [0.1, 0.15) is 25.3 Å². The molecule has 92 valence electrons. The summed E-state index contributed by atoms with van der Waals surface area (Å²) in [5.41, 5.74) is 0.0218. The minimum absolute atomic E-state index is 0.0218. The highest BCUT2D eigenvalue weighted by atomic mass is 16.3. The van der Waals surface area contributed by atoms with Gasteiger partial charge in [-0.3, -0.25) is 4.79 Å². The van der Waals surface area contributed by atoms with Crippen molar-refractivity contribution in [2.24, 2.45) is 5.92 Å². The molecule has 2 heterocycles. The predicted molar refractivity (Wildman–Crippen MR) is 64.2 cm³/mol. The highest BCUT2D eigenvalue weighted by Crippen LogP contribution is 2.33. The monoisotopic (exact) mass is 235 g/mol. The van der Waals surface area contributed by atoms with Gasteiger partial charge in [0.05, 0.1) is 0 Å². The number of aliphatic hydroxyl groups is 1. The van der Waals surface area contributed by atoms with Crippen molar-refractivity contribution in [2.75, 3.05) is 24.6 Å². The van der Waals surface area contributed by atoms with Gasteiger partial charge in [-0.2, -0.15) is 0 Å². The Balaban J connectivity index is 1.88. The molecule has 0 radical (unpaired) electrons. The molecule has 1 saturated carbocycles. The predicted octanol–water partition coefficient (Wildman–Crippen LogP) is 0.397. The van der Waals surface area contributed by atoms with Gasteiger partial charge in [0.1, 0.15) is 0 Å².